The molecule has 0 atom stereocenters. The fourth-order valence-corrected chi connectivity index (χ4v) is 3.30. The number of hydrogen-bond donors (Lipinski definition) is 2. The lowest BCUT2D eigenvalue weighted by atomic mass is 10.1. The normalized spacial score (nSPS) is 25.6. The summed E-state index contributed by atoms with van der Waals surface area (Å²) >= 11 is 0. The summed E-state index contributed by atoms with van der Waals surface area (Å²) in [7, 11) is 1.63. The summed E-state index contributed by atoms with van der Waals surface area (Å²) in [5.74, 6) is 0. The zero-order valence-corrected chi connectivity index (χ0v) is 13.2. The van der Waals surface area contributed by atoms with Crippen LogP contribution in [0.1, 0.15) is 13.0 Å². The molecule has 3 aliphatic rings. The Morgan fingerprint density at radius 2 is 1.86 bits per heavy atom. The highest BCUT2D eigenvalue weighted by Crippen LogP contribution is 2.24. The van der Waals surface area contributed by atoms with Crippen molar-refractivity contribution in [1.29, 1.82) is 0 Å². The van der Waals surface area contributed by atoms with Gasteiger partial charge in [0.15, 0.2) is 0 Å². The van der Waals surface area contributed by atoms with Gasteiger partial charge in [-0.2, -0.15) is 0 Å². The molecule has 0 unspecified atom stereocenters. The van der Waals surface area contributed by atoms with Gasteiger partial charge in [0.05, 0.1) is 19.6 Å². The highest BCUT2D eigenvalue weighted by molar-refractivity contribution is 5.89. The number of benzene rings is 1. The zero-order chi connectivity index (χ0) is 14.0. The number of urea groups is 1. The van der Waals surface area contributed by atoms with Crippen LogP contribution in [0.15, 0.2) is 24.3 Å². The minimum absolute atomic E-state index is 0. The topological polar surface area (TPSA) is 44.4 Å². The largest absolute Gasteiger partial charge is 1.00 e. The van der Waals surface area contributed by atoms with Crippen molar-refractivity contribution in [2.75, 3.05) is 51.6 Å². The van der Waals surface area contributed by atoms with E-state index in [4.69, 9.17) is 0 Å². The van der Waals surface area contributed by atoms with E-state index in [1.165, 1.54) is 49.3 Å². The summed E-state index contributed by atoms with van der Waals surface area (Å²) in [5.41, 5.74) is 2.19. The first-order valence-corrected chi connectivity index (χ1v) is 7.34. The summed E-state index contributed by atoms with van der Waals surface area (Å²) in [5, 5.41) is 5.42. The Kier molecular flexibility index (Phi) is 6.66. The lowest BCUT2D eigenvalue weighted by Crippen LogP contribution is -3.00. The van der Waals surface area contributed by atoms with Crippen molar-refractivity contribution in [2.24, 2.45) is 0 Å². The Morgan fingerprint density at radius 1 is 1.23 bits per heavy atom. The van der Waals surface area contributed by atoms with Crippen molar-refractivity contribution < 1.29 is 21.7 Å². The highest BCUT2D eigenvalue weighted by Gasteiger charge is 2.38. The maximum atomic E-state index is 11.4. The number of quaternary nitrogens is 1. The molecule has 0 saturated carbocycles. The van der Waals surface area contributed by atoms with Crippen LogP contribution in [0.3, 0.4) is 0 Å². The van der Waals surface area contributed by atoms with Crippen LogP contribution in [0.5, 0.6) is 0 Å². The van der Waals surface area contributed by atoms with E-state index < -0.39 is 0 Å². The van der Waals surface area contributed by atoms with Crippen LogP contribution in [0.2, 0.25) is 0 Å². The lowest BCUT2D eigenvalue weighted by Gasteiger charge is -2.50. The molecule has 5 nitrogen and oxygen atoms in total. The van der Waals surface area contributed by atoms with Crippen LogP contribution in [0, 0.1) is 0 Å². The first-order valence-electron chi connectivity index (χ1n) is 7.34. The molecule has 3 heterocycles. The molecule has 0 spiro atoms. The minimum atomic E-state index is -0.166. The monoisotopic (exact) mass is 326 g/mol. The molecule has 1 aromatic rings. The summed E-state index contributed by atoms with van der Waals surface area (Å²) in [6.45, 7) is 8.55. The van der Waals surface area contributed by atoms with Crippen molar-refractivity contribution in [3.63, 3.8) is 0 Å². The third-order valence-electron chi connectivity index (χ3n) is 4.60. The van der Waals surface area contributed by atoms with E-state index in [0.29, 0.717) is 0 Å². The second-order valence-corrected chi connectivity index (χ2v) is 5.92. The molecule has 4 rings (SSSR count). The van der Waals surface area contributed by atoms with Crippen LogP contribution in [-0.4, -0.2) is 61.7 Å². The Morgan fingerprint density at radius 3 is 2.45 bits per heavy atom. The average Bonchev–Trinajstić information content (AvgIpc) is 2.49. The van der Waals surface area contributed by atoms with Crippen molar-refractivity contribution in [3.8, 4) is 0 Å². The van der Waals surface area contributed by atoms with Gasteiger partial charge in [-0.15, -0.1) is 0 Å². The zero-order valence-electron chi connectivity index (χ0n) is 12.4. The van der Waals surface area contributed by atoms with Gasteiger partial charge in [-0.25, -0.2) is 4.79 Å². The predicted molar refractivity (Wildman–Crippen MR) is 86.3 cm³/mol. The Balaban J connectivity index is 0.00000121. The first kappa shape index (κ1) is 18.7. The average molecular weight is 327 g/mol. The molecule has 124 valence electrons. The number of fused-ring (bicyclic) bond motifs is 3. The third-order valence-corrected chi connectivity index (χ3v) is 4.60. The van der Waals surface area contributed by atoms with Gasteiger partial charge in [0.2, 0.25) is 0 Å². The van der Waals surface area contributed by atoms with Crippen LogP contribution in [-0.2, 0) is 6.54 Å². The summed E-state index contributed by atoms with van der Waals surface area (Å²) < 4.78 is 1.21. The second-order valence-electron chi connectivity index (χ2n) is 5.92. The molecular weight excluding hydrogens is 300 g/mol. The number of hydrogen-bond acceptors (Lipinski definition) is 2. The molecule has 22 heavy (non-hydrogen) atoms. The molecule has 0 aliphatic carbocycles. The molecule has 2 N–H and O–H groups in total. The Bertz CT molecular complexity index is 487. The van der Waals surface area contributed by atoms with Gasteiger partial charge in [0.1, 0.15) is 6.54 Å². The smallest absolute Gasteiger partial charge is 0.318 e. The second kappa shape index (κ2) is 7.81. The lowest BCUT2D eigenvalue weighted by molar-refractivity contribution is -0.953. The predicted octanol–water partition coefficient (Wildman–Crippen LogP) is -1.28. The van der Waals surface area contributed by atoms with Crippen LogP contribution in [0.25, 0.3) is 0 Å². The van der Waals surface area contributed by atoms with E-state index in [2.05, 4.69) is 27.7 Å². The van der Waals surface area contributed by atoms with E-state index >= 15 is 0 Å². The maximum Gasteiger partial charge on any atom is 0.318 e. The van der Waals surface area contributed by atoms with Gasteiger partial charge in [-0.05, 0) is 12.1 Å². The third kappa shape index (κ3) is 4.12. The number of rotatable bonds is 3. The first-order chi connectivity index (χ1) is 9.69. The molecule has 6 heteroatoms. The Hall–Kier alpha value is -1.30. The number of carbonyl (C=O) groups excluding carboxylic acids is 1. The van der Waals surface area contributed by atoms with E-state index in [1.807, 2.05) is 12.1 Å². The summed E-state index contributed by atoms with van der Waals surface area (Å²) in [6, 6.07) is 8.07. The van der Waals surface area contributed by atoms with E-state index in [0.717, 1.165) is 12.2 Å². The molecule has 3 fully saturated rings. The Labute approximate surface area is 139 Å². The number of nitrogens with one attached hydrogen (secondary N) is 2. The molecule has 2 bridgehead atoms. The van der Waals surface area contributed by atoms with Crippen molar-refractivity contribution in [1.82, 2.24) is 10.2 Å². The van der Waals surface area contributed by atoms with Gasteiger partial charge in [-0.1, -0.05) is 19.6 Å². The van der Waals surface area contributed by atoms with Crippen LogP contribution >= 0.6 is 0 Å². The van der Waals surface area contributed by atoms with Gasteiger partial charge in [0.25, 0.3) is 0 Å². The quantitative estimate of drug-likeness (QED) is 0.680. The van der Waals surface area contributed by atoms with Gasteiger partial charge < -0.3 is 27.5 Å². The van der Waals surface area contributed by atoms with E-state index in [9.17, 15) is 4.79 Å². The van der Waals surface area contributed by atoms with Crippen molar-refractivity contribution in [3.05, 3.63) is 29.8 Å². The van der Waals surface area contributed by atoms with Gasteiger partial charge in [0, 0.05) is 37.9 Å². The number of halogens is 1. The van der Waals surface area contributed by atoms with E-state index in [-0.39, 0.29) is 25.9 Å². The molecular formula is C16H27ClN4O. The molecule has 2 amide bonds. The van der Waals surface area contributed by atoms with Gasteiger partial charge >= 0.3 is 6.03 Å². The molecule has 0 radical (unpaired) electrons. The van der Waals surface area contributed by atoms with Crippen molar-refractivity contribution >= 4 is 11.7 Å². The number of nitrogens with zero attached hydrogens (tertiary/aromatic N) is 2. The molecule has 1 aromatic carbocycles. The fourth-order valence-electron chi connectivity index (χ4n) is 3.30. The number of carbonyl (C=O) groups is 1. The van der Waals surface area contributed by atoms with Crippen LogP contribution in [0.4, 0.5) is 10.5 Å². The van der Waals surface area contributed by atoms with E-state index in [1.54, 1.807) is 7.05 Å². The highest BCUT2D eigenvalue weighted by atomic mass is 35.5. The number of anilines is 1. The molecule has 0 aromatic heterocycles. The maximum absolute atomic E-state index is 11.4. The van der Waals surface area contributed by atoms with Crippen molar-refractivity contribution in [2.45, 2.75) is 14.0 Å². The number of piperazine rings is 3. The SMILES string of the molecule is C.CNC(=O)Nc1cccc(C[N+]23CCN(CC2)CC3)c1.[Cl-]. The fraction of sp³-hybridized carbons (Fsp3) is 0.562. The minimum Gasteiger partial charge on any atom is -1.00 e. The summed E-state index contributed by atoms with van der Waals surface area (Å²) in [6.07, 6.45) is 0. The van der Waals surface area contributed by atoms with Gasteiger partial charge in [-0.3, -0.25) is 4.90 Å². The summed E-state index contributed by atoms with van der Waals surface area (Å²) in [4.78, 5) is 13.9. The number of amides is 2. The van der Waals surface area contributed by atoms with Crippen LogP contribution < -0.4 is 23.0 Å². The standard InChI is InChI=1S/C15H22N4O.CH4.ClH/c1-16-15(20)17-14-4-2-3-13(11-14)12-19-8-5-18(6-9-19)7-10-19;;/h2-4,11H,5-10,12H2,1H3,(H-,16,17,20);1H4;1H. The molecule has 3 saturated heterocycles. The molecule has 3 aliphatic heterocycles.